The smallest absolute Gasteiger partial charge is 0.130 e. The van der Waals surface area contributed by atoms with Gasteiger partial charge in [-0.15, -0.1) is 0 Å². The fourth-order valence-corrected chi connectivity index (χ4v) is 8.70. The molecule has 2 aliphatic rings. The van der Waals surface area contributed by atoms with Gasteiger partial charge in [-0.1, -0.05) is 160 Å². The summed E-state index contributed by atoms with van der Waals surface area (Å²) in [6, 6.07) is 47.9. The molecule has 0 aliphatic carbocycles. The largest absolute Gasteiger partial charge is 0.379 e. The predicted molar refractivity (Wildman–Crippen MR) is 204 cm³/mol. The second-order valence-electron chi connectivity index (χ2n) is 15.5. The molecule has 2 heterocycles. The van der Waals surface area contributed by atoms with Crippen LogP contribution in [0.25, 0.3) is 0 Å². The van der Waals surface area contributed by atoms with Crippen molar-refractivity contribution in [3.05, 3.63) is 178 Å². The van der Waals surface area contributed by atoms with E-state index in [4.69, 9.17) is 0 Å². The standard InChI is InChI=1S/C46H52N2O2/c1-44(2,3)41-31-35(33-47-28-16-26-42(47)45(49,37-18-8-4-9-19-37)38-20-10-5-11-21-38)30-36(32-41)34-48-29-17-27-43(48)46(50,39-22-12-6-13-23-39)40-24-14-7-15-25-40/h4-15,18-25,30-32,42-43,49-50H,16-17,26-29,33-34H2,1-3H3/t42-,43-/m0/s1. The number of aliphatic hydroxyl groups is 2. The molecule has 5 aromatic carbocycles. The lowest BCUT2D eigenvalue weighted by atomic mass is 9.78. The highest BCUT2D eigenvalue weighted by atomic mass is 16.3. The molecule has 0 radical (unpaired) electrons. The summed E-state index contributed by atoms with van der Waals surface area (Å²) in [6.45, 7) is 10.3. The molecule has 2 atom stereocenters. The lowest BCUT2D eigenvalue weighted by molar-refractivity contribution is -0.00697. The summed E-state index contributed by atoms with van der Waals surface area (Å²) in [5, 5.41) is 25.5. The molecule has 5 aromatic rings. The molecule has 2 aliphatic heterocycles. The van der Waals surface area contributed by atoms with Crippen molar-refractivity contribution in [2.45, 2.75) is 88.2 Å². The minimum atomic E-state index is -1.12. The van der Waals surface area contributed by atoms with Crippen LogP contribution in [0.2, 0.25) is 0 Å². The first kappa shape index (κ1) is 34.4. The fourth-order valence-electron chi connectivity index (χ4n) is 8.70. The van der Waals surface area contributed by atoms with Crippen LogP contribution in [0.15, 0.2) is 140 Å². The summed E-state index contributed by atoms with van der Waals surface area (Å²) < 4.78 is 0. The number of rotatable bonds is 10. The molecule has 0 aromatic heterocycles. The van der Waals surface area contributed by atoms with Gasteiger partial charge < -0.3 is 10.2 Å². The zero-order chi connectivity index (χ0) is 34.8. The van der Waals surface area contributed by atoms with Crippen LogP contribution in [0.1, 0.15) is 85.4 Å². The molecule has 50 heavy (non-hydrogen) atoms. The number of benzene rings is 5. The van der Waals surface area contributed by atoms with Crippen molar-refractivity contribution in [3.8, 4) is 0 Å². The first-order chi connectivity index (χ1) is 24.2. The Morgan fingerprint density at radius 3 is 1.10 bits per heavy atom. The predicted octanol–water partition coefficient (Wildman–Crippen LogP) is 8.79. The van der Waals surface area contributed by atoms with Crippen molar-refractivity contribution in [2.75, 3.05) is 13.1 Å². The van der Waals surface area contributed by atoms with Gasteiger partial charge in [-0.25, -0.2) is 0 Å². The molecule has 2 N–H and O–H groups in total. The van der Waals surface area contributed by atoms with Crippen LogP contribution in [0, 0.1) is 0 Å². The normalized spacial score (nSPS) is 19.2. The number of hydrogen-bond donors (Lipinski definition) is 2. The molecule has 0 unspecified atom stereocenters. The zero-order valence-electron chi connectivity index (χ0n) is 29.9. The Morgan fingerprint density at radius 2 is 0.800 bits per heavy atom. The summed E-state index contributed by atoms with van der Waals surface area (Å²) in [5.41, 5.74) is 5.38. The lowest BCUT2D eigenvalue weighted by Gasteiger charge is -2.41. The van der Waals surface area contributed by atoms with Crippen molar-refractivity contribution in [1.82, 2.24) is 9.80 Å². The highest BCUT2D eigenvalue weighted by molar-refractivity contribution is 5.41. The van der Waals surface area contributed by atoms with Crippen LogP contribution >= 0.6 is 0 Å². The third-order valence-corrected chi connectivity index (χ3v) is 11.2. The fraction of sp³-hybridized carbons (Fsp3) is 0.348. The van der Waals surface area contributed by atoms with Gasteiger partial charge in [0.2, 0.25) is 0 Å². The van der Waals surface area contributed by atoms with E-state index in [1.807, 2.05) is 72.8 Å². The van der Waals surface area contributed by atoms with Gasteiger partial charge in [0, 0.05) is 25.2 Å². The van der Waals surface area contributed by atoms with Gasteiger partial charge in [-0.2, -0.15) is 0 Å². The van der Waals surface area contributed by atoms with Gasteiger partial charge in [-0.3, -0.25) is 9.80 Å². The second kappa shape index (κ2) is 14.3. The average Bonchev–Trinajstić information content (AvgIpc) is 3.82. The zero-order valence-corrected chi connectivity index (χ0v) is 29.9. The van der Waals surface area contributed by atoms with Gasteiger partial charge in [0.1, 0.15) is 11.2 Å². The number of likely N-dealkylation sites (tertiary alicyclic amines) is 2. The maximum Gasteiger partial charge on any atom is 0.130 e. The highest BCUT2D eigenvalue weighted by Gasteiger charge is 2.47. The molecular formula is C46H52N2O2. The van der Waals surface area contributed by atoms with Gasteiger partial charge in [-0.05, 0) is 83.1 Å². The Balaban J connectivity index is 1.22. The Kier molecular flexibility index (Phi) is 9.82. The molecule has 4 heteroatoms. The van der Waals surface area contributed by atoms with Crippen LogP contribution in [0.5, 0.6) is 0 Å². The van der Waals surface area contributed by atoms with Crippen LogP contribution < -0.4 is 0 Å². The second-order valence-corrected chi connectivity index (χ2v) is 15.5. The van der Waals surface area contributed by atoms with E-state index in [1.54, 1.807) is 0 Å². The maximum atomic E-state index is 12.8. The Bertz CT molecular complexity index is 1630. The Labute approximate surface area is 299 Å². The summed E-state index contributed by atoms with van der Waals surface area (Å²) in [6.07, 6.45) is 3.95. The molecule has 7 rings (SSSR count). The van der Waals surface area contributed by atoms with E-state index in [0.717, 1.165) is 74.1 Å². The molecule has 4 nitrogen and oxygen atoms in total. The van der Waals surface area contributed by atoms with E-state index < -0.39 is 11.2 Å². The average molecular weight is 665 g/mol. The molecule has 2 fully saturated rings. The van der Waals surface area contributed by atoms with E-state index in [-0.39, 0.29) is 17.5 Å². The molecular weight excluding hydrogens is 613 g/mol. The summed E-state index contributed by atoms with van der Waals surface area (Å²) >= 11 is 0. The van der Waals surface area contributed by atoms with Crippen LogP contribution in [0.4, 0.5) is 0 Å². The quantitative estimate of drug-likeness (QED) is 0.157. The van der Waals surface area contributed by atoms with E-state index >= 15 is 0 Å². The van der Waals surface area contributed by atoms with Gasteiger partial charge in [0.25, 0.3) is 0 Å². The molecule has 2 saturated heterocycles. The van der Waals surface area contributed by atoms with E-state index in [1.165, 1.54) is 16.7 Å². The molecule has 0 spiro atoms. The summed E-state index contributed by atoms with van der Waals surface area (Å²) in [5.74, 6) is 0. The van der Waals surface area contributed by atoms with Crippen molar-refractivity contribution in [3.63, 3.8) is 0 Å². The minimum Gasteiger partial charge on any atom is -0.379 e. The monoisotopic (exact) mass is 664 g/mol. The molecule has 0 amide bonds. The number of hydrogen-bond acceptors (Lipinski definition) is 4. The van der Waals surface area contributed by atoms with Crippen molar-refractivity contribution < 1.29 is 10.2 Å². The van der Waals surface area contributed by atoms with E-state index in [0.29, 0.717) is 0 Å². The summed E-state index contributed by atoms with van der Waals surface area (Å²) in [4.78, 5) is 5.02. The van der Waals surface area contributed by atoms with Crippen molar-refractivity contribution >= 4 is 0 Å². The summed E-state index contributed by atoms with van der Waals surface area (Å²) in [7, 11) is 0. The van der Waals surface area contributed by atoms with Crippen molar-refractivity contribution in [2.24, 2.45) is 0 Å². The first-order valence-electron chi connectivity index (χ1n) is 18.5. The van der Waals surface area contributed by atoms with Gasteiger partial charge in [0.05, 0.1) is 0 Å². The van der Waals surface area contributed by atoms with E-state index in [9.17, 15) is 10.2 Å². The molecule has 0 bridgehead atoms. The molecule has 258 valence electrons. The molecule has 0 saturated carbocycles. The third-order valence-electron chi connectivity index (χ3n) is 11.2. The van der Waals surface area contributed by atoms with Crippen LogP contribution in [-0.2, 0) is 29.7 Å². The topological polar surface area (TPSA) is 46.9 Å². The third kappa shape index (κ3) is 6.70. The Hall–Kier alpha value is -4.06. The first-order valence-corrected chi connectivity index (χ1v) is 18.5. The van der Waals surface area contributed by atoms with E-state index in [2.05, 4.69) is 97.3 Å². The van der Waals surface area contributed by atoms with Gasteiger partial charge >= 0.3 is 0 Å². The lowest BCUT2D eigenvalue weighted by Crippen LogP contribution is -2.48. The van der Waals surface area contributed by atoms with Crippen LogP contribution in [0.3, 0.4) is 0 Å². The number of nitrogens with zero attached hydrogens (tertiary/aromatic N) is 2. The SMILES string of the molecule is CC(C)(C)c1cc(CN2CCC[C@H]2C(O)(c2ccccc2)c2ccccc2)cc(CN2CCC[C@H]2C(O)(c2ccccc2)c2ccccc2)c1. The van der Waals surface area contributed by atoms with Gasteiger partial charge in [0.15, 0.2) is 0 Å². The minimum absolute atomic E-state index is 0.0246. The van der Waals surface area contributed by atoms with Crippen molar-refractivity contribution in [1.29, 1.82) is 0 Å². The maximum absolute atomic E-state index is 12.8. The Morgan fingerprint density at radius 1 is 0.480 bits per heavy atom. The van der Waals surface area contributed by atoms with Crippen LogP contribution in [-0.4, -0.2) is 45.2 Å². The highest BCUT2D eigenvalue weighted by Crippen LogP contribution is 2.43.